The van der Waals surface area contributed by atoms with Crippen molar-refractivity contribution in [3.05, 3.63) is 29.6 Å². The summed E-state index contributed by atoms with van der Waals surface area (Å²) in [7, 11) is 1.31. The monoisotopic (exact) mass is 176 g/mol. The number of nitrogens with zero attached hydrogens (tertiary/aromatic N) is 2. The Bertz CT molecular complexity index is 355. The van der Waals surface area contributed by atoms with E-state index in [9.17, 15) is 4.79 Å². The van der Waals surface area contributed by atoms with E-state index in [4.69, 9.17) is 5.26 Å². The Labute approximate surface area is 75.8 Å². The number of carbonyl (C=O) groups excluding carboxylic acids is 1. The molecule has 0 aliphatic heterocycles. The number of nitriles is 1. The first-order valence-electron chi connectivity index (χ1n) is 3.68. The molecule has 1 aromatic heterocycles. The molecule has 4 heteroatoms. The van der Waals surface area contributed by atoms with E-state index in [0.717, 1.165) is 0 Å². The van der Waals surface area contributed by atoms with Crippen LogP contribution in [0, 0.1) is 11.3 Å². The number of hydrogen-bond donors (Lipinski definition) is 0. The fourth-order valence-corrected chi connectivity index (χ4v) is 0.910. The van der Waals surface area contributed by atoms with Crippen molar-refractivity contribution in [1.82, 2.24) is 4.98 Å². The fraction of sp³-hybridized carbons (Fsp3) is 0.222. The van der Waals surface area contributed by atoms with E-state index in [1.165, 1.54) is 13.3 Å². The number of rotatable bonds is 2. The van der Waals surface area contributed by atoms with Crippen LogP contribution in [0.4, 0.5) is 0 Å². The quantitative estimate of drug-likeness (QED) is 0.621. The van der Waals surface area contributed by atoms with Gasteiger partial charge in [-0.3, -0.25) is 4.79 Å². The van der Waals surface area contributed by atoms with Crippen LogP contribution in [0.25, 0.3) is 0 Å². The van der Waals surface area contributed by atoms with Gasteiger partial charge in [0.25, 0.3) is 0 Å². The van der Waals surface area contributed by atoms with Crippen LogP contribution in [-0.2, 0) is 16.0 Å². The normalized spacial score (nSPS) is 8.92. The van der Waals surface area contributed by atoms with E-state index < -0.39 is 0 Å². The van der Waals surface area contributed by atoms with Crippen LogP contribution < -0.4 is 0 Å². The first kappa shape index (κ1) is 9.20. The zero-order valence-corrected chi connectivity index (χ0v) is 7.15. The zero-order valence-electron chi connectivity index (χ0n) is 7.15. The smallest absolute Gasteiger partial charge is 0.310 e. The van der Waals surface area contributed by atoms with Gasteiger partial charge in [-0.25, -0.2) is 4.98 Å². The van der Waals surface area contributed by atoms with Gasteiger partial charge in [0, 0.05) is 6.20 Å². The maximum absolute atomic E-state index is 10.9. The van der Waals surface area contributed by atoms with Gasteiger partial charge in [0.15, 0.2) is 0 Å². The van der Waals surface area contributed by atoms with E-state index in [1.807, 2.05) is 6.07 Å². The lowest BCUT2D eigenvalue weighted by Gasteiger charge is -2.00. The molecule has 0 saturated carbocycles. The summed E-state index contributed by atoms with van der Waals surface area (Å²) in [4.78, 5) is 14.7. The maximum atomic E-state index is 10.9. The zero-order chi connectivity index (χ0) is 9.68. The van der Waals surface area contributed by atoms with E-state index in [-0.39, 0.29) is 18.1 Å². The van der Waals surface area contributed by atoms with Gasteiger partial charge in [-0.05, 0) is 11.6 Å². The van der Waals surface area contributed by atoms with E-state index >= 15 is 0 Å². The third kappa shape index (κ3) is 2.27. The number of aromatic nitrogens is 1. The summed E-state index contributed by atoms with van der Waals surface area (Å²) >= 11 is 0. The average Bonchev–Trinajstić information content (AvgIpc) is 2.18. The summed E-state index contributed by atoms with van der Waals surface area (Å²) in [6.07, 6.45) is 1.60. The van der Waals surface area contributed by atoms with Gasteiger partial charge in [-0.2, -0.15) is 5.26 Å². The maximum Gasteiger partial charge on any atom is 0.310 e. The summed E-state index contributed by atoms with van der Waals surface area (Å²) in [6, 6.07) is 5.27. The van der Waals surface area contributed by atoms with Crippen LogP contribution >= 0.6 is 0 Å². The number of hydrogen-bond acceptors (Lipinski definition) is 4. The summed E-state index contributed by atoms with van der Waals surface area (Å²) in [6.45, 7) is 0. The summed E-state index contributed by atoms with van der Waals surface area (Å²) in [5.74, 6) is -0.371. The highest BCUT2D eigenvalue weighted by atomic mass is 16.5. The SMILES string of the molecule is COC(=O)Cc1cccnc1C#N. The Morgan fingerprint density at radius 1 is 1.77 bits per heavy atom. The van der Waals surface area contributed by atoms with E-state index in [2.05, 4.69) is 9.72 Å². The second kappa shape index (κ2) is 4.21. The summed E-state index contributed by atoms with van der Waals surface area (Å²) in [5, 5.41) is 8.64. The highest BCUT2D eigenvalue weighted by Gasteiger charge is 2.07. The molecule has 13 heavy (non-hydrogen) atoms. The molecule has 1 aromatic rings. The fourth-order valence-electron chi connectivity index (χ4n) is 0.910. The van der Waals surface area contributed by atoms with Crippen LogP contribution in [0.2, 0.25) is 0 Å². The van der Waals surface area contributed by atoms with Gasteiger partial charge in [0.1, 0.15) is 11.8 Å². The first-order valence-corrected chi connectivity index (χ1v) is 3.68. The summed E-state index contributed by atoms with van der Waals surface area (Å²) < 4.78 is 4.48. The Balaban J connectivity index is 2.89. The second-order valence-electron chi connectivity index (χ2n) is 2.38. The van der Waals surface area contributed by atoms with E-state index in [0.29, 0.717) is 5.56 Å². The molecule has 0 radical (unpaired) electrons. The first-order chi connectivity index (χ1) is 6.27. The molecular weight excluding hydrogens is 168 g/mol. The van der Waals surface area contributed by atoms with Crippen LogP contribution in [0.3, 0.4) is 0 Å². The Hall–Kier alpha value is -1.89. The van der Waals surface area contributed by atoms with Gasteiger partial charge in [-0.15, -0.1) is 0 Å². The topological polar surface area (TPSA) is 63.0 Å². The molecule has 0 fully saturated rings. The molecule has 0 spiro atoms. The van der Waals surface area contributed by atoms with Crippen molar-refractivity contribution >= 4 is 5.97 Å². The molecule has 66 valence electrons. The molecule has 0 bridgehead atoms. The number of carbonyl (C=O) groups is 1. The third-order valence-electron chi connectivity index (χ3n) is 1.56. The second-order valence-corrected chi connectivity index (χ2v) is 2.38. The molecule has 1 rings (SSSR count). The van der Waals surface area contributed by atoms with Gasteiger partial charge in [-0.1, -0.05) is 6.07 Å². The van der Waals surface area contributed by atoms with Crippen molar-refractivity contribution in [2.24, 2.45) is 0 Å². The highest BCUT2D eigenvalue weighted by molar-refractivity contribution is 5.73. The van der Waals surface area contributed by atoms with Crippen LogP contribution in [-0.4, -0.2) is 18.1 Å². The molecule has 4 nitrogen and oxygen atoms in total. The predicted molar refractivity (Wildman–Crippen MR) is 44.7 cm³/mol. The molecule has 0 aliphatic rings. The van der Waals surface area contributed by atoms with Crippen LogP contribution in [0.1, 0.15) is 11.3 Å². The van der Waals surface area contributed by atoms with Crippen LogP contribution in [0.5, 0.6) is 0 Å². The van der Waals surface area contributed by atoms with Crippen molar-refractivity contribution in [2.45, 2.75) is 6.42 Å². The van der Waals surface area contributed by atoms with Crippen molar-refractivity contribution in [2.75, 3.05) is 7.11 Å². The minimum atomic E-state index is -0.371. The largest absolute Gasteiger partial charge is 0.469 e. The number of ether oxygens (including phenoxy) is 1. The van der Waals surface area contributed by atoms with Crippen molar-refractivity contribution in [3.8, 4) is 6.07 Å². The average molecular weight is 176 g/mol. The molecule has 0 aliphatic carbocycles. The molecule has 0 aromatic carbocycles. The van der Waals surface area contributed by atoms with Crippen molar-refractivity contribution < 1.29 is 9.53 Å². The van der Waals surface area contributed by atoms with Gasteiger partial charge in [0.2, 0.25) is 0 Å². The predicted octanol–water partition coefficient (Wildman–Crippen LogP) is 0.669. The van der Waals surface area contributed by atoms with Crippen molar-refractivity contribution in [1.29, 1.82) is 5.26 Å². The standard InChI is InChI=1S/C9H8N2O2/c1-13-9(12)5-7-3-2-4-11-8(7)6-10/h2-4H,5H2,1H3. The molecule has 0 atom stereocenters. The van der Waals surface area contributed by atoms with Crippen LogP contribution in [0.15, 0.2) is 18.3 Å². The van der Waals surface area contributed by atoms with Gasteiger partial charge in [0.05, 0.1) is 13.5 Å². The van der Waals surface area contributed by atoms with Crippen molar-refractivity contribution in [3.63, 3.8) is 0 Å². The highest BCUT2D eigenvalue weighted by Crippen LogP contribution is 2.05. The Morgan fingerprint density at radius 3 is 3.15 bits per heavy atom. The van der Waals surface area contributed by atoms with Gasteiger partial charge < -0.3 is 4.74 Å². The Morgan fingerprint density at radius 2 is 2.54 bits per heavy atom. The molecule has 0 saturated heterocycles. The third-order valence-corrected chi connectivity index (χ3v) is 1.56. The number of esters is 1. The Kier molecular flexibility index (Phi) is 2.98. The lowest BCUT2D eigenvalue weighted by Crippen LogP contribution is -2.06. The lowest BCUT2D eigenvalue weighted by atomic mass is 10.1. The minimum Gasteiger partial charge on any atom is -0.469 e. The minimum absolute atomic E-state index is 0.0905. The molecular formula is C9H8N2O2. The molecule has 0 N–H and O–H groups in total. The number of pyridine rings is 1. The molecule has 1 heterocycles. The number of methoxy groups -OCH3 is 1. The molecule has 0 unspecified atom stereocenters. The molecule has 0 amide bonds. The van der Waals surface area contributed by atoms with Gasteiger partial charge >= 0.3 is 5.97 Å². The summed E-state index contributed by atoms with van der Waals surface area (Å²) in [5.41, 5.74) is 0.866. The lowest BCUT2D eigenvalue weighted by molar-refractivity contribution is -0.139. The van der Waals surface area contributed by atoms with E-state index in [1.54, 1.807) is 12.1 Å².